The first-order chi connectivity index (χ1) is 16.3. The Morgan fingerprint density at radius 3 is 2.68 bits per heavy atom. The number of ketones is 1. The monoisotopic (exact) mass is 494 g/mol. The Bertz CT molecular complexity index is 994. The van der Waals surface area contributed by atoms with Gasteiger partial charge in [0.15, 0.2) is 5.82 Å². The molecule has 2 aromatic rings. The van der Waals surface area contributed by atoms with Gasteiger partial charge in [0.2, 0.25) is 5.89 Å². The average molecular weight is 495 g/mol. The number of ether oxygens (including phenoxy) is 1. The summed E-state index contributed by atoms with van der Waals surface area (Å²) < 4.78 is 36.7. The summed E-state index contributed by atoms with van der Waals surface area (Å²) in [5, 5.41) is 4.37. The van der Waals surface area contributed by atoms with Crippen LogP contribution in [0.1, 0.15) is 73.7 Å². The molecule has 2 saturated carbocycles. The third-order valence-corrected chi connectivity index (χ3v) is 8.42. The van der Waals surface area contributed by atoms with E-state index in [1.165, 1.54) is 35.5 Å². The number of aromatic nitrogens is 3. The fourth-order valence-corrected chi connectivity index (χ4v) is 6.35. The van der Waals surface area contributed by atoms with Crippen molar-refractivity contribution in [3.63, 3.8) is 0 Å². The van der Waals surface area contributed by atoms with Crippen molar-refractivity contribution in [2.45, 2.75) is 89.7 Å². The van der Waals surface area contributed by atoms with Gasteiger partial charge in [-0.2, -0.15) is 4.98 Å². The summed E-state index contributed by atoms with van der Waals surface area (Å²) in [6.07, 6.45) is 6.79. The van der Waals surface area contributed by atoms with Gasteiger partial charge < -0.3 is 9.26 Å². The van der Waals surface area contributed by atoms with Crippen LogP contribution in [0.3, 0.4) is 0 Å². The summed E-state index contributed by atoms with van der Waals surface area (Å²) in [5.41, 5.74) is 1.05. The minimum absolute atomic E-state index is 0.196. The van der Waals surface area contributed by atoms with Gasteiger partial charge in [-0.3, -0.25) is 9.69 Å². The second kappa shape index (κ2) is 9.97. The number of halogens is 2. The maximum Gasteiger partial charge on any atom is 0.273 e. The quantitative estimate of drug-likeness (QED) is 0.497. The van der Waals surface area contributed by atoms with Crippen molar-refractivity contribution in [1.29, 1.82) is 0 Å². The number of fused-ring (bicyclic) bond motifs is 1. The van der Waals surface area contributed by atoms with Gasteiger partial charge in [0.1, 0.15) is 11.9 Å². The zero-order chi connectivity index (χ0) is 23.7. The summed E-state index contributed by atoms with van der Waals surface area (Å²) in [7, 11) is 0. The van der Waals surface area contributed by atoms with Crippen molar-refractivity contribution in [3.05, 3.63) is 22.3 Å². The van der Waals surface area contributed by atoms with Gasteiger partial charge in [-0.05, 0) is 44.1 Å². The number of Topliss-reactive ketones (excluding diaryl/α,β-unsaturated/α-hetero) is 1. The zero-order valence-electron chi connectivity index (χ0n) is 19.6. The molecular weight excluding hydrogens is 462 g/mol. The molecule has 0 saturated heterocycles. The van der Waals surface area contributed by atoms with Gasteiger partial charge in [-0.25, -0.2) is 13.8 Å². The molecule has 3 aliphatic rings. The highest BCUT2D eigenvalue weighted by Gasteiger charge is 2.47. The van der Waals surface area contributed by atoms with Gasteiger partial charge in [0, 0.05) is 44.2 Å². The molecule has 2 fully saturated rings. The standard InChI is InChI=1S/C24H32F2N4O3S/c1-15-27-22(29-33-15)11-18(31)10-17-4-2-16(3-5-17)6-8-30-9-7-21-20(14-30)28-23(34-21)32-19-12-24(25,26)13-19/h16-17,19H,2-14H2,1H3. The maximum atomic E-state index is 13.0. The lowest BCUT2D eigenvalue weighted by atomic mass is 9.78. The van der Waals surface area contributed by atoms with E-state index in [-0.39, 0.29) is 25.0 Å². The van der Waals surface area contributed by atoms with E-state index in [4.69, 9.17) is 9.26 Å². The van der Waals surface area contributed by atoms with Crippen LogP contribution in [0.15, 0.2) is 4.52 Å². The second-order valence-electron chi connectivity index (χ2n) is 10.2. The zero-order valence-corrected chi connectivity index (χ0v) is 20.4. The van der Waals surface area contributed by atoms with Gasteiger partial charge >= 0.3 is 0 Å². The van der Waals surface area contributed by atoms with E-state index in [1.807, 2.05) is 0 Å². The van der Waals surface area contributed by atoms with E-state index >= 15 is 0 Å². The first-order valence-electron chi connectivity index (χ1n) is 12.4. The number of carbonyl (C=O) groups is 1. The van der Waals surface area contributed by atoms with Crippen molar-refractivity contribution in [1.82, 2.24) is 20.0 Å². The molecule has 0 aromatic carbocycles. The molecule has 2 aromatic heterocycles. The lowest BCUT2D eigenvalue weighted by molar-refractivity contribution is -0.134. The molecule has 7 nitrogen and oxygen atoms in total. The Labute approximate surface area is 202 Å². The summed E-state index contributed by atoms with van der Waals surface area (Å²) in [4.78, 5) is 24.7. The Balaban J connectivity index is 1.00. The van der Waals surface area contributed by atoms with Crippen molar-refractivity contribution in [2.24, 2.45) is 11.8 Å². The van der Waals surface area contributed by atoms with Gasteiger partial charge in [0.25, 0.3) is 11.1 Å². The summed E-state index contributed by atoms with van der Waals surface area (Å²) in [6.45, 7) is 4.61. The molecule has 0 N–H and O–H groups in total. The minimum atomic E-state index is -2.57. The highest BCUT2D eigenvalue weighted by Crippen LogP contribution is 2.41. The number of carbonyl (C=O) groups excluding carboxylic acids is 1. The Hall–Kier alpha value is -1.94. The number of rotatable bonds is 9. The molecule has 2 aliphatic carbocycles. The van der Waals surface area contributed by atoms with E-state index in [2.05, 4.69) is 20.0 Å². The van der Waals surface area contributed by atoms with Crippen molar-refractivity contribution in [2.75, 3.05) is 13.1 Å². The molecule has 10 heteroatoms. The number of hydrogen-bond donors (Lipinski definition) is 0. The van der Waals surface area contributed by atoms with Crippen molar-refractivity contribution < 1.29 is 22.8 Å². The molecule has 0 spiro atoms. The molecule has 0 atom stereocenters. The number of aryl methyl sites for hydroxylation is 1. The minimum Gasteiger partial charge on any atom is -0.466 e. The van der Waals surface area contributed by atoms with Gasteiger partial charge in [-0.1, -0.05) is 29.3 Å². The first kappa shape index (κ1) is 23.8. The molecule has 3 heterocycles. The molecule has 5 rings (SSSR count). The average Bonchev–Trinajstić information content (AvgIpc) is 3.36. The molecule has 0 bridgehead atoms. The predicted molar refractivity (Wildman–Crippen MR) is 122 cm³/mol. The van der Waals surface area contributed by atoms with Crippen LogP contribution in [0.25, 0.3) is 0 Å². The second-order valence-corrected chi connectivity index (χ2v) is 11.3. The van der Waals surface area contributed by atoms with E-state index in [1.54, 1.807) is 6.92 Å². The van der Waals surface area contributed by atoms with E-state index in [0.717, 1.165) is 44.6 Å². The number of thiazole rings is 1. The van der Waals surface area contributed by atoms with Crippen LogP contribution >= 0.6 is 11.3 Å². The van der Waals surface area contributed by atoms with Crippen LogP contribution in [0.4, 0.5) is 8.78 Å². The Kier molecular flexibility index (Phi) is 6.97. The first-order valence-corrected chi connectivity index (χ1v) is 13.2. The molecule has 0 amide bonds. The van der Waals surface area contributed by atoms with Crippen LogP contribution < -0.4 is 4.74 Å². The van der Waals surface area contributed by atoms with Crippen LogP contribution in [0.5, 0.6) is 5.19 Å². The molecular formula is C24H32F2N4O3S. The topological polar surface area (TPSA) is 81.4 Å². The number of alkyl halides is 2. The highest BCUT2D eigenvalue weighted by atomic mass is 32.1. The lowest BCUT2D eigenvalue weighted by Crippen LogP contribution is -2.43. The van der Waals surface area contributed by atoms with Crippen LogP contribution in [-0.4, -0.2) is 50.9 Å². The molecule has 0 radical (unpaired) electrons. The third-order valence-electron chi connectivity index (χ3n) is 7.37. The third kappa shape index (κ3) is 6.00. The van der Waals surface area contributed by atoms with Crippen LogP contribution in [0.2, 0.25) is 0 Å². The molecule has 34 heavy (non-hydrogen) atoms. The summed E-state index contributed by atoms with van der Waals surface area (Å²) >= 11 is 1.52. The Morgan fingerprint density at radius 2 is 1.97 bits per heavy atom. The smallest absolute Gasteiger partial charge is 0.273 e. The van der Waals surface area contributed by atoms with Crippen LogP contribution in [0, 0.1) is 18.8 Å². The fourth-order valence-electron chi connectivity index (χ4n) is 5.38. The van der Waals surface area contributed by atoms with Gasteiger partial charge in [0.05, 0.1) is 12.1 Å². The SMILES string of the molecule is Cc1nc(CC(=O)CC2CCC(CCN3CCc4sc(OC5CC(F)(F)C5)nc4C3)CC2)no1. The number of hydrogen-bond acceptors (Lipinski definition) is 8. The Morgan fingerprint density at radius 1 is 1.21 bits per heavy atom. The largest absolute Gasteiger partial charge is 0.466 e. The molecule has 1 aliphatic heterocycles. The fraction of sp³-hybridized carbons (Fsp3) is 0.750. The van der Waals surface area contributed by atoms with Crippen LogP contribution in [-0.2, 0) is 24.2 Å². The normalized spacial score (nSPS) is 25.0. The lowest BCUT2D eigenvalue weighted by Gasteiger charge is -2.33. The van der Waals surface area contributed by atoms with Crippen molar-refractivity contribution in [3.8, 4) is 5.19 Å². The van der Waals surface area contributed by atoms with Crippen molar-refractivity contribution >= 4 is 17.1 Å². The summed E-state index contributed by atoms with van der Waals surface area (Å²) in [5.74, 6) is -0.199. The summed E-state index contributed by atoms with van der Waals surface area (Å²) in [6, 6.07) is 0. The number of nitrogens with zero attached hydrogens (tertiary/aromatic N) is 4. The highest BCUT2D eigenvalue weighted by molar-refractivity contribution is 7.13. The maximum absolute atomic E-state index is 13.0. The van der Waals surface area contributed by atoms with E-state index < -0.39 is 12.0 Å². The van der Waals surface area contributed by atoms with Gasteiger partial charge in [-0.15, -0.1) is 0 Å². The van der Waals surface area contributed by atoms with E-state index in [9.17, 15) is 13.6 Å². The molecule has 0 unspecified atom stereocenters. The predicted octanol–water partition coefficient (Wildman–Crippen LogP) is 4.77. The van der Waals surface area contributed by atoms with E-state index in [0.29, 0.717) is 35.2 Å². The molecule has 186 valence electrons.